The molecule has 0 unspecified atom stereocenters. The van der Waals surface area contributed by atoms with Crippen molar-refractivity contribution in [3.63, 3.8) is 0 Å². The van der Waals surface area contributed by atoms with E-state index in [0.717, 1.165) is 30.8 Å². The summed E-state index contributed by atoms with van der Waals surface area (Å²) in [7, 11) is 0. The summed E-state index contributed by atoms with van der Waals surface area (Å²) in [6, 6.07) is 4.07. The molecule has 0 aliphatic carbocycles. The van der Waals surface area contributed by atoms with Gasteiger partial charge in [0.05, 0.1) is 11.4 Å². The van der Waals surface area contributed by atoms with Gasteiger partial charge in [-0.15, -0.1) is 0 Å². The van der Waals surface area contributed by atoms with Crippen molar-refractivity contribution in [3.8, 4) is 0 Å². The van der Waals surface area contributed by atoms with Crippen LogP contribution in [0.3, 0.4) is 0 Å². The predicted molar refractivity (Wildman–Crippen MR) is 60.9 cm³/mol. The molecule has 1 rings (SSSR count). The van der Waals surface area contributed by atoms with Crippen LogP contribution in [0.5, 0.6) is 0 Å². The van der Waals surface area contributed by atoms with Gasteiger partial charge < -0.3 is 5.32 Å². The van der Waals surface area contributed by atoms with Gasteiger partial charge in [-0.2, -0.15) is 0 Å². The fourth-order valence-electron chi connectivity index (χ4n) is 1.36. The highest BCUT2D eigenvalue weighted by Gasteiger charge is 2.04. The monoisotopic (exact) mass is 190 g/mol. The standard InChI is InChI=1S/C12H18N2/c1-4-8-13-10(3)12-11(5-2)7-6-9-14-12/h6-7,9,13H,3-5,8H2,1-2H3. The Labute approximate surface area is 86.1 Å². The molecule has 1 aromatic rings. The lowest BCUT2D eigenvalue weighted by Crippen LogP contribution is -2.14. The van der Waals surface area contributed by atoms with Crippen LogP contribution in [0.25, 0.3) is 5.70 Å². The summed E-state index contributed by atoms with van der Waals surface area (Å²) in [5.74, 6) is 0. The molecule has 0 saturated carbocycles. The Hall–Kier alpha value is -1.31. The van der Waals surface area contributed by atoms with Crippen LogP contribution in [0.15, 0.2) is 24.9 Å². The lowest BCUT2D eigenvalue weighted by atomic mass is 10.1. The van der Waals surface area contributed by atoms with Gasteiger partial charge in [0.1, 0.15) is 0 Å². The molecule has 1 N–H and O–H groups in total. The van der Waals surface area contributed by atoms with Gasteiger partial charge in [0.2, 0.25) is 0 Å². The quantitative estimate of drug-likeness (QED) is 0.772. The average Bonchev–Trinajstić information content (AvgIpc) is 2.25. The van der Waals surface area contributed by atoms with E-state index in [4.69, 9.17) is 0 Å². The number of hydrogen-bond donors (Lipinski definition) is 1. The highest BCUT2D eigenvalue weighted by atomic mass is 14.9. The Kier molecular flexibility index (Phi) is 4.17. The van der Waals surface area contributed by atoms with E-state index in [2.05, 4.69) is 36.8 Å². The zero-order valence-corrected chi connectivity index (χ0v) is 9.01. The Balaban J connectivity index is 2.78. The molecule has 0 aliphatic rings. The molecular formula is C12H18N2. The molecule has 0 saturated heterocycles. The number of aromatic nitrogens is 1. The smallest absolute Gasteiger partial charge is 0.0886 e. The number of pyridine rings is 1. The number of rotatable bonds is 5. The van der Waals surface area contributed by atoms with Crippen molar-refractivity contribution in [2.45, 2.75) is 26.7 Å². The molecule has 0 bridgehead atoms. The molecule has 2 nitrogen and oxygen atoms in total. The Bertz CT molecular complexity index is 305. The summed E-state index contributed by atoms with van der Waals surface area (Å²) in [6.07, 6.45) is 3.91. The fraction of sp³-hybridized carbons (Fsp3) is 0.417. The SMILES string of the molecule is C=C(NCCC)c1ncccc1CC. The molecule has 0 atom stereocenters. The third kappa shape index (κ3) is 2.59. The van der Waals surface area contributed by atoms with Crippen molar-refractivity contribution in [1.82, 2.24) is 10.3 Å². The zero-order valence-electron chi connectivity index (χ0n) is 9.01. The van der Waals surface area contributed by atoms with Gasteiger partial charge in [-0.1, -0.05) is 26.5 Å². The van der Waals surface area contributed by atoms with Gasteiger partial charge in [-0.05, 0) is 24.5 Å². The zero-order chi connectivity index (χ0) is 10.4. The molecule has 0 aromatic carbocycles. The molecule has 0 aliphatic heterocycles. The van der Waals surface area contributed by atoms with Crippen molar-refractivity contribution in [3.05, 3.63) is 36.2 Å². The maximum absolute atomic E-state index is 4.34. The second kappa shape index (κ2) is 5.43. The van der Waals surface area contributed by atoms with Crippen LogP contribution in [0.4, 0.5) is 0 Å². The Morgan fingerprint density at radius 2 is 2.29 bits per heavy atom. The molecule has 0 spiro atoms. The van der Waals surface area contributed by atoms with Gasteiger partial charge in [-0.3, -0.25) is 4.98 Å². The summed E-state index contributed by atoms with van der Waals surface area (Å²) in [5.41, 5.74) is 3.19. The first-order valence-corrected chi connectivity index (χ1v) is 5.16. The van der Waals surface area contributed by atoms with Crippen LogP contribution in [0.1, 0.15) is 31.5 Å². The minimum atomic E-state index is 0.935. The van der Waals surface area contributed by atoms with E-state index in [-0.39, 0.29) is 0 Å². The highest BCUT2D eigenvalue weighted by molar-refractivity contribution is 5.61. The van der Waals surface area contributed by atoms with Crippen LogP contribution in [-0.4, -0.2) is 11.5 Å². The average molecular weight is 190 g/mol. The van der Waals surface area contributed by atoms with Crippen LogP contribution in [0.2, 0.25) is 0 Å². The predicted octanol–water partition coefficient (Wildman–Crippen LogP) is 2.61. The molecule has 1 aromatic heterocycles. The molecule has 14 heavy (non-hydrogen) atoms. The number of nitrogens with one attached hydrogen (secondary N) is 1. The third-order valence-electron chi connectivity index (χ3n) is 2.15. The summed E-state index contributed by atoms with van der Waals surface area (Å²) < 4.78 is 0. The molecule has 1 heterocycles. The van der Waals surface area contributed by atoms with Gasteiger partial charge in [0.25, 0.3) is 0 Å². The maximum Gasteiger partial charge on any atom is 0.0886 e. The lowest BCUT2D eigenvalue weighted by Gasteiger charge is -2.10. The van der Waals surface area contributed by atoms with E-state index in [0.29, 0.717) is 0 Å². The van der Waals surface area contributed by atoms with Crippen molar-refractivity contribution in [2.75, 3.05) is 6.54 Å². The van der Waals surface area contributed by atoms with Gasteiger partial charge >= 0.3 is 0 Å². The minimum Gasteiger partial charge on any atom is -0.384 e. The molecular weight excluding hydrogens is 172 g/mol. The Morgan fingerprint density at radius 1 is 1.50 bits per heavy atom. The van der Waals surface area contributed by atoms with Crippen molar-refractivity contribution in [1.29, 1.82) is 0 Å². The summed E-state index contributed by atoms with van der Waals surface area (Å²) in [5, 5.41) is 3.27. The topological polar surface area (TPSA) is 24.9 Å². The van der Waals surface area contributed by atoms with Gasteiger partial charge in [0.15, 0.2) is 0 Å². The molecule has 0 amide bonds. The van der Waals surface area contributed by atoms with Crippen LogP contribution >= 0.6 is 0 Å². The lowest BCUT2D eigenvalue weighted by molar-refractivity contribution is 0.819. The van der Waals surface area contributed by atoms with Crippen LogP contribution in [-0.2, 0) is 6.42 Å². The van der Waals surface area contributed by atoms with Gasteiger partial charge in [0, 0.05) is 12.7 Å². The number of aryl methyl sites for hydroxylation is 1. The first-order valence-electron chi connectivity index (χ1n) is 5.16. The van der Waals surface area contributed by atoms with E-state index in [1.54, 1.807) is 0 Å². The van der Waals surface area contributed by atoms with E-state index in [1.165, 1.54) is 5.56 Å². The summed E-state index contributed by atoms with van der Waals surface area (Å²) in [4.78, 5) is 4.34. The first kappa shape index (κ1) is 10.8. The van der Waals surface area contributed by atoms with Crippen LogP contribution < -0.4 is 5.32 Å². The van der Waals surface area contributed by atoms with Crippen molar-refractivity contribution >= 4 is 5.70 Å². The van der Waals surface area contributed by atoms with Crippen molar-refractivity contribution < 1.29 is 0 Å². The normalized spacial score (nSPS) is 9.86. The largest absolute Gasteiger partial charge is 0.384 e. The fourth-order valence-corrected chi connectivity index (χ4v) is 1.36. The summed E-state index contributed by atoms with van der Waals surface area (Å²) in [6.45, 7) is 9.23. The van der Waals surface area contributed by atoms with Crippen molar-refractivity contribution in [2.24, 2.45) is 0 Å². The first-order chi connectivity index (χ1) is 6.79. The molecule has 0 fully saturated rings. The second-order valence-corrected chi connectivity index (χ2v) is 3.27. The Morgan fingerprint density at radius 3 is 2.93 bits per heavy atom. The number of nitrogens with zero attached hydrogens (tertiary/aromatic N) is 1. The second-order valence-electron chi connectivity index (χ2n) is 3.27. The van der Waals surface area contributed by atoms with E-state index < -0.39 is 0 Å². The van der Waals surface area contributed by atoms with Gasteiger partial charge in [-0.25, -0.2) is 0 Å². The molecule has 76 valence electrons. The van der Waals surface area contributed by atoms with E-state index >= 15 is 0 Å². The third-order valence-corrected chi connectivity index (χ3v) is 2.15. The van der Waals surface area contributed by atoms with E-state index in [1.807, 2.05) is 12.3 Å². The molecule has 0 radical (unpaired) electrons. The van der Waals surface area contributed by atoms with E-state index in [9.17, 15) is 0 Å². The number of hydrogen-bond acceptors (Lipinski definition) is 2. The summed E-state index contributed by atoms with van der Waals surface area (Å²) >= 11 is 0. The maximum atomic E-state index is 4.34. The highest BCUT2D eigenvalue weighted by Crippen LogP contribution is 2.12. The van der Waals surface area contributed by atoms with Crippen LogP contribution in [0, 0.1) is 0 Å². The minimum absolute atomic E-state index is 0.935. The molecule has 2 heteroatoms.